The summed E-state index contributed by atoms with van der Waals surface area (Å²) in [5.74, 6) is -0.685. The van der Waals surface area contributed by atoms with Gasteiger partial charge in [-0.2, -0.15) is 0 Å². The SMILES string of the molecule is CB(O)NCCCCCCCCCCC(=O)O. The van der Waals surface area contributed by atoms with Crippen LogP contribution in [0.25, 0.3) is 0 Å². The van der Waals surface area contributed by atoms with Crippen molar-refractivity contribution in [3.63, 3.8) is 0 Å². The average molecular weight is 243 g/mol. The molecule has 0 aromatic heterocycles. The van der Waals surface area contributed by atoms with Gasteiger partial charge in [-0.25, -0.2) is 0 Å². The van der Waals surface area contributed by atoms with Gasteiger partial charge in [0.15, 0.2) is 0 Å². The molecule has 0 heterocycles. The summed E-state index contributed by atoms with van der Waals surface area (Å²) in [4.78, 5) is 10.3. The molecule has 0 aliphatic carbocycles. The smallest absolute Gasteiger partial charge is 0.373 e. The van der Waals surface area contributed by atoms with Crippen molar-refractivity contribution >= 4 is 13.0 Å². The largest absolute Gasteiger partial charge is 0.481 e. The van der Waals surface area contributed by atoms with Crippen molar-refractivity contribution < 1.29 is 14.9 Å². The van der Waals surface area contributed by atoms with Crippen LogP contribution in [0.4, 0.5) is 0 Å². The summed E-state index contributed by atoms with van der Waals surface area (Å²) in [7, 11) is -0.399. The summed E-state index contributed by atoms with van der Waals surface area (Å²) in [5, 5.41) is 20.4. The number of carboxylic acid groups (broad SMARTS) is 1. The number of aliphatic carboxylic acids is 1. The molecular formula is C12H26BNO3. The molecule has 5 heteroatoms. The molecule has 0 saturated carbocycles. The number of carbonyl (C=O) groups is 1. The Morgan fingerprint density at radius 2 is 1.47 bits per heavy atom. The van der Waals surface area contributed by atoms with Crippen LogP contribution in [0.5, 0.6) is 0 Å². The van der Waals surface area contributed by atoms with Gasteiger partial charge in [-0.15, -0.1) is 0 Å². The van der Waals surface area contributed by atoms with E-state index < -0.39 is 13.0 Å². The summed E-state index contributed by atoms with van der Waals surface area (Å²) >= 11 is 0. The van der Waals surface area contributed by atoms with Crippen molar-refractivity contribution in [2.75, 3.05) is 6.54 Å². The van der Waals surface area contributed by atoms with Crippen LogP contribution in [0.15, 0.2) is 0 Å². The highest BCUT2D eigenvalue weighted by molar-refractivity contribution is 6.45. The van der Waals surface area contributed by atoms with Crippen molar-refractivity contribution in [2.45, 2.75) is 64.6 Å². The molecule has 3 N–H and O–H groups in total. The van der Waals surface area contributed by atoms with Crippen molar-refractivity contribution in [1.82, 2.24) is 5.23 Å². The van der Waals surface area contributed by atoms with E-state index in [-0.39, 0.29) is 0 Å². The lowest BCUT2D eigenvalue weighted by Gasteiger charge is -2.04. The molecule has 0 unspecified atom stereocenters. The number of rotatable bonds is 12. The van der Waals surface area contributed by atoms with E-state index in [0.29, 0.717) is 6.42 Å². The Hall–Kier alpha value is -0.545. The van der Waals surface area contributed by atoms with Gasteiger partial charge in [0.05, 0.1) is 0 Å². The average Bonchev–Trinajstić information content (AvgIpc) is 2.25. The van der Waals surface area contributed by atoms with E-state index in [0.717, 1.165) is 32.2 Å². The molecule has 0 aliphatic rings. The minimum atomic E-state index is -0.685. The molecule has 0 fully saturated rings. The van der Waals surface area contributed by atoms with Crippen LogP contribution in [0, 0.1) is 0 Å². The first-order chi connectivity index (χ1) is 8.13. The van der Waals surface area contributed by atoms with Crippen LogP contribution >= 0.6 is 0 Å². The highest BCUT2D eigenvalue weighted by atomic mass is 16.4. The third-order valence-electron chi connectivity index (χ3n) is 2.76. The number of nitrogens with one attached hydrogen (secondary N) is 1. The van der Waals surface area contributed by atoms with E-state index >= 15 is 0 Å². The zero-order chi connectivity index (χ0) is 12.9. The fourth-order valence-electron chi connectivity index (χ4n) is 1.77. The van der Waals surface area contributed by atoms with Crippen molar-refractivity contribution in [1.29, 1.82) is 0 Å². The lowest BCUT2D eigenvalue weighted by Crippen LogP contribution is -2.31. The summed E-state index contributed by atoms with van der Waals surface area (Å²) in [6, 6.07) is 0. The fourth-order valence-corrected chi connectivity index (χ4v) is 1.77. The molecule has 0 aromatic rings. The highest BCUT2D eigenvalue weighted by Crippen LogP contribution is 2.09. The fraction of sp³-hybridized carbons (Fsp3) is 0.917. The third kappa shape index (κ3) is 15.5. The molecule has 0 saturated heterocycles. The second kappa shape index (κ2) is 11.9. The Morgan fingerprint density at radius 1 is 1.00 bits per heavy atom. The summed E-state index contributed by atoms with van der Waals surface area (Å²) in [6.07, 6.45) is 9.32. The zero-order valence-corrected chi connectivity index (χ0v) is 11.0. The van der Waals surface area contributed by atoms with Crippen LogP contribution in [0.3, 0.4) is 0 Å². The van der Waals surface area contributed by atoms with E-state index in [1.807, 2.05) is 0 Å². The standard InChI is InChI=1S/C12H26BNO3/c1-13(17)14-11-9-7-5-3-2-4-6-8-10-12(15)16/h14,17H,2-11H2,1H3,(H,15,16). The zero-order valence-electron chi connectivity index (χ0n) is 11.0. The van der Waals surface area contributed by atoms with Gasteiger partial charge in [-0.05, 0) is 26.2 Å². The predicted molar refractivity (Wildman–Crippen MR) is 71.0 cm³/mol. The van der Waals surface area contributed by atoms with Crippen molar-refractivity contribution in [3.8, 4) is 0 Å². The maximum absolute atomic E-state index is 10.3. The van der Waals surface area contributed by atoms with Gasteiger partial charge in [0, 0.05) is 6.42 Å². The third-order valence-corrected chi connectivity index (χ3v) is 2.76. The first kappa shape index (κ1) is 16.5. The first-order valence-corrected chi connectivity index (χ1v) is 6.76. The normalized spacial score (nSPS) is 10.5. The maximum atomic E-state index is 10.3. The minimum absolute atomic E-state index is 0.311. The number of carboxylic acids is 1. The van der Waals surface area contributed by atoms with Gasteiger partial charge in [0.1, 0.15) is 0 Å². The molecule has 0 radical (unpaired) electrons. The van der Waals surface area contributed by atoms with Crippen LogP contribution < -0.4 is 5.23 Å². The molecule has 0 aliphatic heterocycles. The molecule has 4 nitrogen and oxygen atoms in total. The van der Waals surface area contributed by atoms with E-state index in [2.05, 4.69) is 5.23 Å². The molecular weight excluding hydrogens is 217 g/mol. The quantitative estimate of drug-likeness (QED) is 0.363. The molecule has 0 aromatic carbocycles. The van der Waals surface area contributed by atoms with Gasteiger partial charge in [0.25, 0.3) is 0 Å². The lowest BCUT2D eigenvalue weighted by molar-refractivity contribution is -0.137. The molecule has 0 spiro atoms. The monoisotopic (exact) mass is 243 g/mol. The molecule has 0 atom stereocenters. The van der Waals surface area contributed by atoms with E-state index in [1.54, 1.807) is 6.82 Å². The van der Waals surface area contributed by atoms with Gasteiger partial charge in [-0.1, -0.05) is 38.5 Å². The Bertz CT molecular complexity index is 189. The van der Waals surface area contributed by atoms with E-state index in [1.165, 1.54) is 25.7 Å². The van der Waals surface area contributed by atoms with Crippen LogP contribution in [-0.4, -0.2) is 29.7 Å². The van der Waals surface area contributed by atoms with Crippen LogP contribution in [0.1, 0.15) is 57.8 Å². The highest BCUT2D eigenvalue weighted by Gasteiger charge is 1.99. The van der Waals surface area contributed by atoms with Gasteiger partial charge < -0.3 is 15.4 Å². The minimum Gasteiger partial charge on any atom is -0.481 e. The Morgan fingerprint density at radius 3 is 1.94 bits per heavy atom. The molecule has 0 bridgehead atoms. The molecule has 0 rings (SSSR count). The van der Waals surface area contributed by atoms with E-state index in [4.69, 9.17) is 10.1 Å². The first-order valence-electron chi connectivity index (χ1n) is 6.76. The van der Waals surface area contributed by atoms with Crippen LogP contribution in [-0.2, 0) is 4.79 Å². The Kier molecular flexibility index (Phi) is 11.5. The second-order valence-corrected chi connectivity index (χ2v) is 4.60. The number of hydrogen-bond acceptors (Lipinski definition) is 3. The van der Waals surface area contributed by atoms with Crippen molar-refractivity contribution in [2.24, 2.45) is 0 Å². The Balaban J connectivity index is 2.96. The second-order valence-electron chi connectivity index (χ2n) is 4.60. The summed E-state index contributed by atoms with van der Waals surface area (Å²) < 4.78 is 0. The van der Waals surface area contributed by atoms with Gasteiger partial charge in [0.2, 0.25) is 0 Å². The van der Waals surface area contributed by atoms with Gasteiger partial charge in [-0.3, -0.25) is 4.79 Å². The summed E-state index contributed by atoms with van der Waals surface area (Å²) in [6.45, 7) is 2.62. The Labute approximate surface area is 105 Å². The molecule has 100 valence electrons. The summed E-state index contributed by atoms with van der Waals surface area (Å²) in [5.41, 5.74) is 0. The van der Waals surface area contributed by atoms with Gasteiger partial charge >= 0.3 is 13.0 Å². The van der Waals surface area contributed by atoms with E-state index in [9.17, 15) is 4.79 Å². The predicted octanol–water partition coefficient (Wildman–Crippen LogP) is 2.28. The van der Waals surface area contributed by atoms with Crippen LogP contribution in [0.2, 0.25) is 6.82 Å². The molecule has 17 heavy (non-hydrogen) atoms. The molecule has 0 amide bonds. The maximum Gasteiger partial charge on any atom is 0.373 e. The number of unbranched alkanes of at least 4 members (excludes halogenated alkanes) is 7. The topological polar surface area (TPSA) is 69.6 Å². The number of hydrogen-bond donors (Lipinski definition) is 3. The lowest BCUT2D eigenvalue weighted by atomic mass is 9.89. The van der Waals surface area contributed by atoms with Crippen molar-refractivity contribution in [3.05, 3.63) is 0 Å².